The van der Waals surface area contributed by atoms with Crippen LogP contribution >= 0.6 is 11.6 Å². The number of carbonyl (C=O) groups is 1. The van der Waals surface area contributed by atoms with Crippen LogP contribution in [0.25, 0.3) is 0 Å². The van der Waals surface area contributed by atoms with Crippen LogP contribution in [-0.2, 0) is 14.9 Å². The first-order chi connectivity index (χ1) is 9.14. The molecule has 3 nitrogen and oxygen atoms in total. The summed E-state index contributed by atoms with van der Waals surface area (Å²) in [6, 6.07) is 5.89. The van der Waals surface area contributed by atoms with Crippen molar-refractivity contribution in [3.8, 4) is 0 Å². The highest BCUT2D eigenvalue weighted by Gasteiger charge is 2.70. The fourth-order valence-corrected chi connectivity index (χ4v) is 2.70. The van der Waals surface area contributed by atoms with Gasteiger partial charge >= 0.3 is 12.1 Å². The molecular formula is C13H12ClF3O3. The molecule has 1 aromatic carbocycles. The zero-order valence-corrected chi connectivity index (χ0v) is 11.3. The standard InChI is InChI=1S/C13H12ClF3O3/c1-20-10(18)11(8-2-4-9(14)5-3-8)6-12(19,7-11)13(15,16)17/h2-5,19H,6-7H2,1H3. The summed E-state index contributed by atoms with van der Waals surface area (Å²) in [5, 5.41) is 9.99. The first-order valence-corrected chi connectivity index (χ1v) is 6.16. The van der Waals surface area contributed by atoms with E-state index < -0.39 is 36.0 Å². The van der Waals surface area contributed by atoms with Gasteiger partial charge in [0.25, 0.3) is 0 Å². The number of aliphatic hydroxyl groups is 1. The van der Waals surface area contributed by atoms with Gasteiger partial charge in [-0.25, -0.2) is 0 Å². The number of benzene rings is 1. The second-order valence-electron chi connectivity index (χ2n) is 4.96. The highest BCUT2D eigenvalue weighted by Crippen LogP contribution is 2.57. The molecule has 0 bridgehead atoms. The van der Waals surface area contributed by atoms with Gasteiger partial charge in [0.05, 0.1) is 12.5 Å². The van der Waals surface area contributed by atoms with Gasteiger partial charge in [-0.15, -0.1) is 0 Å². The fraction of sp³-hybridized carbons (Fsp3) is 0.462. The zero-order chi connectivity index (χ0) is 15.2. The van der Waals surface area contributed by atoms with E-state index in [2.05, 4.69) is 4.74 Å². The molecular weight excluding hydrogens is 297 g/mol. The van der Waals surface area contributed by atoms with Crippen molar-refractivity contribution in [1.29, 1.82) is 0 Å². The Kier molecular flexibility index (Phi) is 3.50. The molecule has 20 heavy (non-hydrogen) atoms. The van der Waals surface area contributed by atoms with Crippen LogP contribution in [0.1, 0.15) is 18.4 Å². The number of rotatable bonds is 2. The molecule has 0 heterocycles. The van der Waals surface area contributed by atoms with Gasteiger partial charge in [0.2, 0.25) is 0 Å². The van der Waals surface area contributed by atoms with E-state index in [1.807, 2.05) is 0 Å². The minimum Gasteiger partial charge on any atom is -0.468 e. The summed E-state index contributed by atoms with van der Waals surface area (Å²) in [4.78, 5) is 11.9. The Hall–Kier alpha value is -1.27. The number of alkyl halides is 3. The highest BCUT2D eigenvalue weighted by molar-refractivity contribution is 6.30. The number of esters is 1. The number of ether oxygens (including phenoxy) is 1. The summed E-state index contributed by atoms with van der Waals surface area (Å²) < 4.78 is 42.9. The van der Waals surface area contributed by atoms with Crippen LogP contribution in [0.4, 0.5) is 13.2 Å². The molecule has 1 N–H and O–H groups in total. The summed E-state index contributed by atoms with van der Waals surface area (Å²) >= 11 is 5.72. The van der Waals surface area contributed by atoms with E-state index >= 15 is 0 Å². The normalized spacial score (nSPS) is 29.7. The Morgan fingerprint density at radius 1 is 1.30 bits per heavy atom. The Morgan fingerprint density at radius 3 is 2.20 bits per heavy atom. The van der Waals surface area contributed by atoms with Gasteiger partial charge < -0.3 is 9.84 Å². The summed E-state index contributed by atoms with van der Waals surface area (Å²) in [7, 11) is 1.10. The van der Waals surface area contributed by atoms with E-state index in [9.17, 15) is 23.1 Å². The van der Waals surface area contributed by atoms with E-state index in [1.165, 1.54) is 24.3 Å². The van der Waals surface area contributed by atoms with Gasteiger partial charge in [0.15, 0.2) is 5.60 Å². The van der Waals surface area contributed by atoms with Crippen molar-refractivity contribution in [3.63, 3.8) is 0 Å². The second kappa shape index (κ2) is 4.63. The van der Waals surface area contributed by atoms with E-state index in [0.717, 1.165) is 7.11 Å². The average molecular weight is 309 g/mol. The average Bonchev–Trinajstić information content (AvgIpc) is 2.33. The summed E-state index contributed by atoms with van der Waals surface area (Å²) in [5.41, 5.74) is -3.99. The predicted molar refractivity (Wildman–Crippen MR) is 65.4 cm³/mol. The third-order valence-electron chi connectivity index (χ3n) is 3.69. The van der Waals surface area contributed by atoms with Gasteiger partial charge in [-0.3, -0.25) is 4.79 Å². The predicted octanol–water partition coefficient (Wildman–Crippen LogP) is 2.84. The van der Waals surface area contributed by atoms with Crippen molar-refractivity contribution >= 4 is 17.6 Å². The lowest BCUT2D eigenvalue weighted by molar-refractivity contribution is -0.302. The van der Waals surface area contributed by atoms with Crippen molar-refractivity contribution in [2.24, 2.45) is 0 Å². The van der Waals surface area contributed by atoms with E-state index in [1.54, 1.807) is 0 Å². The molecule has 0 amide bonds. The number of hydrogen-bond acceptors (Lipinski definition) is 3. The molecule has 1 aromatic rings. The summed E-state index contributed by atoms with van der Waals surface area (Å²) in [6.45, 7) is 0. The molecule has 1 saturated carbocycles. The molecule has 0 aliphatic heterocycles. The largest absolute Gasteiger partial charge is 0.468 e. The second-order valence-corrected chi connectivity index (χ2v) is 5.40. The molecule has 1 fully saturated rings. The molecule has 0 saturated heterocycles. The minimum absolute atomic E-state index is 0.350. The fourth-order valence-electron chi connectivity index (χ4n) is 2.58. The maximum Gasteiger partial charge on any atom is 0.417 e. The molecule has 110 valence electrons. The molecule has 0 unspecified atom stereocenters. The van der Waals surface area contributed by atoms with Crippen LogP contribution in [0.5, 0.6) is 0 Å². The van der Waals surface area contributed by atoms with Gasteiger partial charge in [-0.1, -0.05) is 23.7 Å². The molecule has 0 aromatic heterocycles. The third-order valence-corrected chi connectivity index (χ3v) is 3.94. The first-order valence-electron chi connectivity index (χ1n) is 5.78. The van der Waals surface area contributed by atoms with Gasteiger partial charge in [-0.05, 0) is 17.7 Å². The molecule has 1 aliphatic rings. The molecule has 0 atom stereocenters. The molecule has 0 spiro atoms. The lowest BCUT2D eigenvalue weighted by Crippen LogP contribution is -2.65. The monoisotopic (exact) mass is 308 g/mol. The highest BCUT2D eigenvalue weighted by atomic mass is 35.5. The molecule has 2 rings (SSSR count). The van der Waals surface area contributed by atoms with Gasteiger partial charge in [0.1, 0.15) is 0 Å². The van der Waals surface area contributed by atoms with Crippen molar-refractivity contribution in [2.45, 2.75) is 30.0 Å². The van der Waals surface area contributed by atoms with Crippen LogP contribution in [0.2, 0.25) is 5.02 Å². The van der Waals surface area contributed by atoms with Crippen LogP contribution < -0.4 is 0 Å². The number of carbonyl (C=O) groups excluding carboxylic acids is 1. The van der Waals surface area contributed by atoms with Crippen LogP contribution in [0.15, 0.2) is 24.3 Å². The summed E-state index contributed by atoms with van der Waals surface area (Å²) in [6.07, 6.45) is -6.29. The quantitative estimate of drug-likeness (QED) is 0.855. The lowest BCUT2D eigenvalue weighted by atomic mass is 9.55. The minimum atomic E-state index is -4.78. The zero-order valence-electron chi connectivity index (χ0n) is 10.5. The Bertz CT molecular complexity index is 519. The smallest absolute Gasteiger partial charge is 0.417 e. The number of methoxy groups -OCH3 is 1. The summed E-state index contributed by atoms with van der Waals surface area (Å²) in [5.74, 6) is -0.797. The van der Waals surface area contributed by atoms with Crippen LogP contribution in [0.3, 0.4) is 0 Å². The van der Waals surface area contributed by atoms with E-state index in [0.29, 0.717) is 10.6 Å². The van der Waals surface area contributed by atoms with Crippen molar-refractivity contribution < 1.29 is 27.8 Å². The van der Waals surface area contributed by atoms with Crippen molar-refractivity contribution in [1.82, 2.24) is 0 Å². The number of halogens is 4. The lowest BCUT2D eigenvalue weighted by Gasteiger charge is -2.51. The maximum atomic E-state index is 12.8. The Labute approximate surface area is 118 Å². The maximum absolute atomic E-state index is 12.8. The van der Waals surface area contributed by atoms with Crippen LogP contribution in [0, 0.1) is 0 Å². The third kappa shape index (κ3) is 2.16. The molecule has 1 aliphatic carbocycles. The van der Waals surface area contributed by atoms with Gasteiger partial charge in [-0.2, -0.15) is 13.2 Å². The molecule has 0 radical (unpaired) electrons. The van der Waals surface area contributed by atoms with E-state index in [4.69, 9.17) is 11.6 Å². The topological polar surface area (TPSA) is 46.5 Å². The van der Waals surface area contributed by atoms with E-state index in [-0.39, 0.29) is 0 Å². The Balaban J connectivity index is 2.37. The van der Waals surface area contributed by atoms with Gasteiger partial charge in [0, 0.05) is 17.9 Å². The Morgan fingerprint density at radius 2 is 1.80 bits per heavy atom. The van der Waals surface area contributed by atoms with Crippen molar-refractivity contribution in [3.05, 3.63) is 34.9 Å². The SMILES string of the molecule is COC(=O)C1(c2ccc(Cl)cc2)CC(O)(C(F)(F)F)C1. The first kappa shape index (κ1) is 15.1. The van der Waals surface area contributed by atoms with Crippen molar-refractivity contribution in [2.75, 3.05) is 7.11 Å². The molecule has 7 heteroatoms. The number of hydrogen-bond donors (Lipinski definition) is 1. The van der Waals surface area contributed by atoms with Crippen LogP contribution in [-0.4, -0.2) is 30.0 Å².